The predicted molar refractivity (Wildman–Crippen MR) is 142 cm³/mol. The maximum Gasteiger partial charge on any atom is 0.342 e. The van der Waals surface area contributed by atoms with E-state index < -0.39 is 34.2 Å². The summed E-state index contributed by atoms with van der Waals surface area (Å²) in [5.41, 5.74) is 0.354. The van der Waals surface area contributed by atoms with Gasteiger partial charge in [-0.15, -0.1) is 0 Å². The number of nitro groups is 1. The van der Waals surface area contributed by atoms with Crippen molar-refractivity contribution in [2.45, 2.75) is 32.2 Å². The monoisotopic (exact) mass is 510 g/mol. The second-order valence-corrected chi connectivity index (χ2v) is 10.3. The summed E-state index contributed by atoms with van der Waals surface area (Å²) in [4.78, 5) is 58.5. The lowest BCUT2D eigenvalue weighted by Crippen LogP contribution is -2.74. The number of carbonyl (C=O) groups excluding carboxylic acids is 3. The molecule has 6 rings (SSSR count). The highest BCUT2D eigenvalue weighted by Gasteiger charge is 2.65. The van der Waals surface area contributed by atoms with Crippen LogP contribution < -0.4 is 14.7 Å². The third kappa shape index (κ3) is 3.42. The molecule has 0 N–H and O–H groups in total. The molecule has 3 aromatic rings. The Bertz CT molecular complexity index is 1400. The van der Waals surface area contributed by atoms with Crippen LogP contribution in [0.1, 0.15) is 25.3 Å². The van der Waals surface area contributed by atoms with Crippen LogP contribution in [-0.4, -0.2) is 35.4 Å². The molecule has 0 bridgehead atoms. The van der Waals surface area contributed by atoms with Crippen molar-refractivity contribution in [3.8, 4) is 0 Å². The Kier molecular flexibility index (Phi) is 5.52. The van der Waals surface area contributed by atoms with Gasteiger partial charge in [0.05, 0.1) is 22.3 Å². The molecule has 4 amide bonds. The summed E-state index contributed by atoms with van der Waals surface area (Å²) in [6.45, 7) is 2.70. The van der Waals surface area contributed by atoms with E-state index in [1.807, 2.05) is 0 Å². The fraction of sp³-hybridized carbons (Fsp3) is 0.276. The van der Waals surface area contributed by atoms with Gasteiger partial charge in [0.15, 0.2) is 5.41 Å². The number of carbonyl (C=O) groups is 3. The standard InChI is InChI=1S/C29H26N4O5/c1-19-14-15-30-24-13-12-23(33(37)38)17-20(24)18-29(25(30)16-19)26(34)31(21-8-4-2-5-9-21)28(36)32(27(29)35)22-10-6-3-7-11-22/h2-13,17,19,25H,14-16,18H2,1H3/t19-,25+/m1/s1. The number of hydrogen-bond acceptors (Lipinski definition) is 6. The van der Waals surface area contributed by atoms with Gasteiger partial charge in [0.2, 0.25) is 0 Å². The van der Waals surface area contributed by atoms with Crippen LogP contribution in [0.25, 0.3) is 0 Å². The summed E-state index contributed by atoms with van der Waals surface area (Å²) in [7, 11) is 0. The predicted octanol–water partition coefficient (Wildman–Crippen LogP) is 4.94. The van der Waals surface area contributed by atoms with Crippen LogP contribution in [0, 0.1) is 21.4 Å². The molecule has 0 unspecified atom stereocenters. The number of imide groups is 2. The molecular formula is C29H26N4O5. The summed E-state index contributed by atoms with van der Waals surface area (Å²) in [6.07, 6.45) is 1.40. The Morgan fingerprint density at radius 1 is 0.868 bits per heavy atom. The van der Waals surface area contributed by atoms with Crippen molar-refractivity contribution in [2.75, 3.05) is 21.2 Å². The van der Waals surface area contributed by atoms with Crippen LogP contribution in [0.5, 0.6) is 0 Å². The Morgan fingerprint density at radius 2 is 1.45 bits per heavy atom. The van der Waals surface area contributed by atoms with Crippen molar-refractivity contribution in [1.29, 1.82) is 0 Å². The van der Waals surface area contributed by atoms with E-state index in [1.165, 1.54) is 12.1 Å². The number of anilines is 3. The van der Waals surface area contributed by atoms with Crippen LogP contribution in [0.2, 0.25) is 0 Å². The number of benzene rings is 3. The van der Waals surface area contributed by atoms with Gasteiger partial charge in [-0.2, -0.15) is 0 Å². The third-order valence-electron chi connectivity index (χ3n) is 8.07. The smallest absolute Gasteiger partial charge is 0.342 e. The lowest BCUT2D eigenvalue weighted by atomic mass is 9.64. The van der Waals surface area contributed by atoms with E-state index in [9.17, 15) is 24.5 Å². The fourth-order valence-electron chi connectivity index (χ4n) is 6.23. The number of nitrogens with zero attached hydrogens (tertiary/aromatic N) is 4. The number of para-hydroxylation sites is 2. The molecule has 3 aliphatic rings. The van der Waals surface area contributed by atoms with Crippen molar-refractivity contribution in [1.82, 2.24) is 0 Å². The first-order valence-electron chi connectivity index (χ1n) is 12.7. The molecular weight excluding hydrogens is 484 g/mol. The molecule has 2 saturated heterocycles. The number of amides is 4. The second kappa shape index (κ2) is 8.79. The first kappa shape index (κ1) is 23.8. The molecule has 9 heteroatoms. The number of piperidine rings is 1. The average molecular weight is 511 g/mol. The van der Waals surface area contributed by atoms with Gasteiger partial charge in [-0.3, -0.25) is 19.7 Å². The lowest BCUT2D eigenvalue weighted by Gasteiger charge is -2.56. The van der Waals surface area contributed by atoms with Crippen LogP contribution in [0.15, 0.2) is 78.9 Å². The minimum Gasteiger partial charge on any atom is -0.367 e. The molecule has 2 fully saturated rings. The van der Waals surface area contributed by atoms with Gasteiger partial charge < -0.3 is 4.90 Å². The van der Waals surface area contributed by atoms with E-state index in [2.05, 4.69) is 11.8 Å². The molecule has 0 radical (unpaired) electrons. The van der Waals surface area contributed by atoms with Gasteiger partial charge >= 0.3 is 6.03 Å². The molecule has 3 heterocycles. The number of nitro benzene ring substituents is 1. The highest BCUT2D eigenvalue weighted by Crippen LogP contribution is 2.51. The third-order valence-corrected chi connectivity index (χ3v) is 8.07. The van der Waals surface area contributed by atoms with E-state index in [4.69, 9.17) is 0 Å². The molecule has 3 aromatic carbocycles. The van der Waals surface area contributed by atoms with Gasteiger partial charge in [0, 0.05) is 30.8 Å². The molecule has 0 aliphatic carbocycles. The minimum absolute atomic E-state index is 0.0322. The van der Waals surface area contributed by atoms with E-state index in [1.54, 1.807) is 66.7 Å². The average Bonchev–Trinajstić information content (AvgIpc) is 2.92. The summed E-state index contributed by atoms with van der Waals surface area (Å²) in [5, 5.41) is 11.6. The number of hydrogen-bond donors (Lipinski definition) is 0. The topological polar surface area (TPSA) is 104 Å². The van der Waals surface area contributed by atoms with Crippen molar-refractivity contribution in [2.24, 2.45) is 11.3 Å². The first-order valence-corrected chi connectivity index (χ1v) is 12.7. The molecule has 2 atom stereocenters. The highest BCUT2D eigenvalue weighted by atomic mass is 16.6. The zero-order valence-electron chi connectivity index (χ0n) is 20.8. The largest absolute Gasteiger partial charge is 0.367 e. The Hall–Kier alpha value is -4.53. The quantitative estimate of drug-likeness (QED) is 0.281. The highest BCUT2D eigenvalue weighted by molar-refractivity contribution is 6.39. The van der Waals surface area contributed by atoms with Crippen molar-refractivity contribution >= 4 is 40.6 Å². The van der Waals surface area contributed by atoms with Crippen LogP contribution in [0.4, 0.5) is 27.5 Å². The van der Waals surface area contributed by atoms with E-state index in [-0.39, 0.29) is 18.0 Å². The Morgan fingerprint density at radius 3 is 2.00 bits per heavy atom. The number of urea groups is 1. The Balaban J connectivity index is 1.60. The number of non-ortho nitro benzene ring substituents is 1. The summed E-state index contributed by atoms with van der Waals surface area (Å²) >= 11 is 0. The molecule has 38 heavy (non-hydrogen) atoms. The van der Waals surface area contributed by atoms with Crippen LogP contribution >= 0.6 is 0 Å². The maximum absolute atomic E-state index is 14.6. The van der Waals surface area contributed by atoms with Crippen LogP contribution in [0.3, 0.4) is 0 Å². The normalized spacial score (nSPS) is 22.3. The molecule has 1 spiro atoms. The molecule has 192 valence electrons. The van der Waals surface area contributed by atoms with Gasteiger partial charge in [-0.25, -0.2) is 14.6 Å². The molecule has 0 aromatic heterocycles. The van der Waals surface area contributed by atoms with Gasteiger partial charge in [0.25, 0.3) is 17.5 Å². The summed E-state index contributed by atoms with van der Waals surface area (Å²) in [6, 6.07) is 20.6. The van der Waals surface area contributed by atoms with Crippen molar-refractivity contribution in [3.05, 3.63) is 94.5 Å². The van der Waals surface area contributed by atoms with Gasteiger partial charge in [-0.05, 0) is 54.7 Å². The molecule has 3 aliphatic heterocycles. The SMILES string of the molecule is C[C@@H]1CCN2c3ccc([N+](=O)[O-])cc3CC3(C(=O)N(c4ccccc4)C(=O)N(c4ccccc4)C3=O)[C@@H]2C1. The van der Waals surface area contributed by atoms with Crippen molar-refractivity contribution in [3.63, 3.8) is 0 Å². The summed E-state index contributed by atoms with van der Waals surface area (Å²) in [5.74, 6) is -0.930. The zero-order chi connectivity index (χ0) is 26.6. The summed E-state index contributed by atoms with van der Waals surface area (Å²) < 4.78 is 0. The maximum atomic E-state index is 14.6. The fourth-order valence-corrected chi connectivity index (χ4v) is 6.23. The van der Waals surface area contributed by atoms with E-state index in [0.29, 0.717) is 29.9 Å². The van der Waals surface area contributed by atoms with Gasteiger partial charge in [0.1, 0.15) is 0 Å². The number of barbiturate groups is 1. The number of rotatable bonds is 3. The minimum atomic E-state index is -1.64. The second-order valence-electron chi connectivity index (χ2n) is 10.3. The van der Waals surface area contributed by atoms with Crippen molar-refractivity contribution < 1.29 is 19.3 Å². The lowest BCUT2D eigenvalue weighted by molar-refractivity contribution is -0.384. The zero-order valence-corrected chi connectivity index (χ0v) is 20.8. The Labute approximate surface area is 219 Å². The molecule has 9 nitrogen and oxygen atoms in total. The van der Waals surface area contributed by atoms with Gasteiger partial charge in [-0.1, -0.05) is 43.3 Å². The van der Waals surface area contributed by atoms with E-state index >= 15 is 0 Å². The molecule has 0 saturated carbocycles. The number of fused-ring (bicyclic) bond motifs is 4. The first-order chi connectivity index (χ1) is 18.3. The van der Waals surface area contributed by atoms with Crippen LogP contribution in [-0.2, 0) is 16.0 Å². The van der Waals surface area contributed by atoms with E-state index in [0.717, 1.165) is 21.9 Å².